The van der Waals surface area contributed by atoms with Crippen molar-refractivity contribution in [3.05, 3.63) is 41.0 Å². The third-order valence-electron chi connectivity index (χ3n) is 3.12. The zero-order chi connectivity index (χ0) is 14.8. The molecule has 2 N–H and O–H groups in total. The summed E-state index contributed by atoms with van der Waals surface area (Å²) in [5, 5.41) is 2.04. The highest BCUT2D eigenvalue weighted by molar-refractivity contribution is 7.17. The fourth-order valence-corrected chi connectivity index (χ4v) is 2.98. The highest BCUT2D eigenvalue weighted by Crippen LogP contribution is 2.34. The van der Waals surface area contributed by atoms with Gasteiger partial charge < -0.3 is 15.2 Å². The Morgan fingerprint density at radius 1 is 1.19 bits per heavy atom. The SMILES string of the molecule is COc1cc(CN)cc(Oc2ncnc3c(C)csc23)c1. The van der Waals surface area contributed by atoms with Crippen LogP contribution in [0.15, 0.2) is 29.9 Å². The number of methoxy groups -OCH3 is 1. The molecule has 3 aromatic rings. The number of aryl methyl sites for hydroxylation is 1. The highest BCUT2D eigenvalue weighted by atomic mass is 32.1. The van der Waals surface area contributed by atoms with Crippen LogP contribution < -0.4 is 15.2 Å². The van der Waals surface area contributed by atoms with Gasteiger partial charge in [-0.2, -0.15) is 0 Å². The van der Waals surface area contributed by atoms with Gasteiger partial charge in [-0.3, -0.25) is 0 Å². The van der Waals surface area contributed by atoms with E-state index in [-0.39, 0.29) is 0 Å². The lowest BCUT2D eigenvalue weighted by Gasteiger charge is -2.09. The summed E-state index contributed by atoms with van der Waals surface area (Å²) in [5.41, 5.74) is 8.68. The smallest absolute Gasteiger partial charge is 0.240 e. The van der Waals surface area contributed by atoms with Gasteiger partial charge in [-0.25, -0.2) is 9.97 Å². The van der Waals surface area contributed by atoms with Gasteiger partial charge in [0.2, 0.25) is 5.88 Å². The van der Waals surface area contributed by atoms with Crippen molar-refractivity contribution in [3.63, 3.8) is 0 Å². The van der Waals surface area contributed by atoms with E-state index in [1.54, 1.807) is 18.4 Å². The molecule has 0 aliphatic rings. The molecule has 0 unspecified atom stereocenters. The number of hydrogen-bond donors (Lipinski definition) is 1. The molecular weight excluding hydrogens is 286 g/mol. The molecule has 0 amide bonds. The first kappa shape index (κ1) is 13.8. The van der Waals surface area contributed by atoms with E-state index in [0.717, 1.165) is 21.3 Å². The van der Waals surface area contributed by atoms with Crippen molar-refractivity contribution in [2.24, 2.45) is 5.73 Å². The fraction of sp³-hybridized carbons (Fsp3) is 0.200. The minimum absolute atomic E-state index is 0.421. The van der Waals surface area contributed by atoms with Gasteiger partial charge in [0.1, 0.15) is 22.5 Å². The first-order chi connectivity index (χ1) is 10.2. The van der Waals surface area contributed by atoms with E-state index < -0.39 is 0 Å². The number of ether oxygens (including phenoxy) is 2. The molecule has 0 fully saturated rings. The molecule has 21 heavy (non-hydrogen) atoms. The van der Waals surface area contributed by atoms with E-state index in [4.69, 9.17) is 15.2 Å². The van der Waals surface area contributed by atoms with Crippen LogP contribution in [-0.2, 0) is 6.54 Å². The molecule has 0 aliphatic carbocycles. The van der Waals surface area contributed by atoms with E-state index >= 15 is 0 Å². The first-order valence-corrected chi connectivity index (χ1v) is 7.34. The number of fused-ring (bicyclic) bond motifs is 1. The molecule has 0 atom stereocenters. The Bertz CT molecular complexity index is 763. The van der Waals surface area contributed by atoms with Crippen LogP contribution in [0.25, 0.3) is 10.2 Å². The van der Waals surface area contributed by atoms with Crippen molar-refractivity contribution >= 4 is 21.6 Å². The zero-order valence-electron chi connectivity index (χ0n) is 11.8. The number of benzene rings is 1. The Morgan fingerprint density at radius 3 is 2.76 bits per heavy atom. The summed E-state index contributed by atoms with van der Waals surface area (Å²) in [5.74, 6) is 1.91. The molecule has 0 aliphatic heterocycles. The van der Waals surface area contributed by atoms with Crippen LogP contribution in [0, 0.1) is 6.92 Å². The van der Waals surface area contributed by atoms with Crippen LogP contribution in [-0.4, -0.2) is 17.1 Å². The number of rotatable bonds is 4. The summed E-state index contributed by atoms with van der Waals surface area (Å²) in [6.07, 6.45) is 1.52. The van der Waals surface area contributed by atoms with Crippen molar-refractivity contribution in [1.82, 2.24) is 9.97 Å². The van der Waals surface area contributed by atoms with E-state index in [2.05, 4.69) is 9.97 Å². The molecule has 0 spiro atoms. The van der Waals surface area contributed by atoms with Crippen LogP contribution in [0.2, 0.25) is 0 Å². The van der Waals surface area contributed by atoms with Crippen LogP contribution >= 0.6 is 11.3 Å². The second-order valence-corrected chi connectivity index (χ2v) is 5.48. The van der Waals surface area contributed by atoms with Crippen LogP contribution in [0.4, 0.5) is 0 Å². The van der Waals surface area contributed by atoms with Crippen molar-refractivity contribution < 1.29 is 9.47 Å². The van der Waals surface area contributed by atoms with Crippen LogP contribution in [0.5, 0.6) is 17.4 Å². The lowest BCUT2D eigenvalue weighted by Crippen LogP contribution is -1.98. The molecule has 6 heteroatoms. The maximum absolute atomic E-state index is 5.91. The van der Waals surface area contributed by atoms with Gasteiger partial charge in [0.15, 0.2) is 0 Å². The van der Waals surface area contributed by atoms with Crippen molar-refractivity contribution in [2.45, 2.75) is 13.5 Å². The maximum atomic E-state index is 5.91. The Morgan fingerprint density at radius 2 is 2.00 bits per heavy atom. The van der Waals surface area contributed by atoms with Gasteiger partial charge in [-0.1, -0.05) is 0 Å². The van der Waals surface area contributed by atoms with E-state index in [1.165, 1.54) is 6.33 Å². The maximum Gasteiger partial charge on any atom is 0.240 e. The van der Waals surface area contributed by atoms with Crippen molar-refractivity contribution in [1.29, 1.82) is 0 Å². The van der Waals surface area contributed by atoms with E-state index in [9.17, 15) is 0 Å². The van der Waals surface area contributed by atoms with Gasteiger partial charge in [-0.15, -0.1) is 11.3 Å². The number of nitrogens with zero attached hydrogens (tertiary/aromatic N) is 2. The van der Waals surface area contributed by atoms with E-state index in [1.807, 2.05) is 30.5 Å². The molecule has 1 aromatic carbocycles. The predicted octanol–water partition coefficient (Wildman–Crippen LogP) is 3.26. The number of hydrogen-bond acceptors (Lipinski definition) is 6. The standard InChI is InChI=1S/C15H15N3O2S/c1-9-7-21-14-13(9)17-8-18-15(14)20-12-4-10(6-16)3-11(5-12)19-2/h3-5,7-8H,6,16H2,1-2H3. The van der Waals surface area contributed by atoms with E-state index in [0.29, 0.717) is 23.9 Å². The van der Waals surface area contributed by atoms with Crippen LogP contribution in [0.3, 0.4) is 0 Å². The average molecular weight is 301 g/mol. The molecule has 0 saturated carbocycles. The quantitative estimate of drug-likeness (QED) is 0.801. The summed E-state index contributed by atoms with van der Waals surface area (Å²) in [7, 11) is 1.62. The molecule has 0 saturated heterocycles. The minimum Gasteiger partial charge on any atom is -0.497 e. The third kappa shape index (κ3) is 2.68. The fourth-order valence-electron chi connectivity index (χ4n) is 2.06. The summed E-state index contributed by atoms with van der Waals surface area (Å²) in [6, 6.07) is 5.59. The van der Waals surface area contributed by atoms with Gasteiger partial charge in [0.25, 0.3) is 0 Å². The topological polar surface area (TPSA) is 70.3 Å². The van der Waals surface area contributed by atoms with Gasteiger partial charge in [0.05, 0.1) is 12.6 Å². The average Bonchev–Trinajstić information content (AvgIpc) is 2.89. The number of aromatic nitrogens is 2. The molecule has 0 radical (unpaired) electrons. The first-order valence-electron chi connectivity index (χ1n) is 6.46. The largest absolute Gasteiger partial charge is 0.497 e. The normalized spacial score (nSPS) is 10.8. The molecule has 3 rings (SSSR count). The van der Waals surface area contributed by atoms with Gasteiger partial charge in [-0.05, 0) is 35.6 Å². The Balaban J connectivity index is 2.02. The highest BCUT2D eigenvalue weighted by Gasteiger charge is 2.11. The lowest BCUT2D eigenvalue weighted by atomic mass is 10.2. The summed E-state index contributed by atoms with van der Waals surface area (Å²) >= 11 is 1.57. The summed E-state index contributed by atoms with van der Waals surface area (Å²) in [6.45, 7) is 2.44. The molecule has 2 heterocycles. The molecule has 5 nitrogen and oxygen atoms in total. The predicted molar refractivity (Wildman–Crippen MR) is 83.1 cm³/mol. The monoisotopic (exact) mass is 301 g/mol. The Kier molecular flexibility index (Phi) is 3.72. The lowest BCUT2D eigenvalue weighted by molar-refractivity contribution is 0.407. The molecule has 0 bridgehead atoms. The molecule has 2 aromatic heterocycles. The summed E-state index contributed by atoms with van der Waals surface area (Å²) < 4.78 is 12.1. The Labute approximate surface area is 126 Å². The van der Waals surface area contributed by atoms with Crippen molar-refractivity contribution in [3.8, 4) is 17.4 Å². The Hall–Kier alpha value is -2.18. The second kappa shape index (κ2) is 5.67. The van der Waals surface area contributed by atoms with Crippen molar-refractivity contribution in [2.75, 3.05) is 7.11 Å². The van der Waals surface area contributed by atoms with Gasteiger partial charge >= 0.3 is 0 Å². The minimum atomic E-state index is 0.421. The zero-order valence-corrected chi connectivity index (χ0v) is 12.6. The summed E-state index contributed by atoms with van der Waals surface area (Å²) in [4.78, 5) is 8.52. The molecule has 108 valence electrons. The van der Waals surface area contributed by atoms with Gasteiger partial charge in [0, 0.05) is 12.6 Å². The number of nitrogens with two attached hydrogens (primary N) is 1. The third-order valence-corrected chi connectivity index (χ3v) is 4.20. The van der Waals surface area contributed by atoms with Crippen LogP contribution in [0.1, 0.15) is 11.1 Å². The molecular formula is C15H15N3O2S. The number of thiophene rings is 1. The second-order valence-electron chi connectivity index (χ2n) is 4.60.